The van der Waals surface area contributed by atoms with Crippen molar-refractivity contribution in [2.24, 2.45) is 17.6 Å². The summed E-state index contributed by atoms with van der Waals surface area (Å²) in [5, 5.41) is 2.04. The van der Waals surface area contributed by atoms with Crippen LogP contribution in [0.4, 0.5) is 4.79 Å². The molecule has 5 heteroatoms. The minimum Gasteiger partial charge on any atom is -0.351 e. The van der Waals surface area contributed by atoms with Crippen LogP contribution >= 0.6 is 15.9 Å². The minimum absolute atomic E-state index is 0.375. The van der Waals surface area contributed by atoms with Crippen molar-refractivity contribution in [1.29, 1.82) is 0 Å². The number of imide groups is 1. The summed E-state index contributed by atoms with van der Waals surface area (Å²) in [6.07, 6.45) is 21.4. The number of primary amides is 1. The molecule has 3 amide bonds. The van der Waals surface area contributed by atoms with Crippen molar-refractivity contribution in [2.75, 3.05) is 0 Å². The third kappa shape index (κ3) is 17.9. The summed E-state index contributed by atoms with van der Waals surface area (Å²) < 4.78 is -0.665. The van der Waals surface area contributed by atoms with E-state index in [1.165, 1.54) is 89.9 Å². The lowest BCUT2D eigenvalue weighted by Crippen LogP contribution is -2.46. The van der Waals surface area contributed by atoms with Gasteiger partial charge in [-0.25, -0.2) is 4.79 Å². The molecule has 0 heterocycles. The van der Waals surface area contributed by atoms with Crippen molar-refractivity contribution in [2.45, 2.75) is 149 Å². The molecule has 0 fully saturated rings. The molecule has 0 aliphatic heterocycles. The Labute approximate surface area is 208 Å². The molecule has 2 unspecified atom stereocenters. The smallest absolute Gasteiger partial charge is 0.318 e. The number of urea groups is 1. The highest BCUT2D eigenvalue weighted by Gasteiger charge is 2.32. The Balaban J connectivity index is 0. The van der Waals surface area contributed by atoms with Crippen LogP contribution in [0.25, 0.3) is 0 Å². The van der Waals surface area contributed by atoms with E-state index in [1.807, 2.05) is 19.2 Å². The Kier molecular flexibility index (Phi) is 23.3. The van der Waals surface area contributed by atoms with Crippen LogP contribution in [0, 0.1) is 11.8 Å². The molecule has 0 bridgehead atoms. The van der Waals surface area contributed by atoms with Gasteiger partial charge in [-0.1, -0.05) is 147 Å². The van der Waals surface area contributed by atoms with E-state index in [0.717, 1.165) is 11.8 Å². The summed E-state index contributed by atoms with van der Waals surface area (Å²) in [5.41, 5.74) is 4.81. The Bertz CT molecular complexity index is 453. The van der Waals surface area contributed by atoms with Crippen LogP contribution in [0.5, 0.6) is 0 Å². The second kappa shape index (κ2) is 22.2. The maximum atomic E-state index is 11.3. The molecule has 2 atom stereocenters. The van der Waals surface area contributed by atoms with Crippen LogP contribution in [0.2, 0.25) is 0 Å². The summed E-state index contributed by atoms with van der Waals surface area (Å²) in [6.45, 7) is 13.2. The van der Waals surface area contributed by atoms with Crippen molar-refractivity contribution in [3.63, 3.8) is 0 Å². The van der Waals surface area contributed by atoms with Gasteiger partial charge in [0.1, 0.15) is 4.32 Å². The maximum Gasteiger partial charge on any atom is 0.318 e. The largest absolute Gasteiger partial charge is 0.351 e. The molecule has 0 rings (SSSR count). The lowest BCUT2D eigenvalue weighted by atomic mass is 9.82. The topological polar surface area (TPSA) is 72.2 Å². The van der Waals surface area contributed by atoms with Crippen molar-refractivity contribution in [3.05, 3.63) is 0 Å². The van der Waals surface area contributed by atoms with E-state index in [-0.39, 0.29) is 5.91 Å². The third-order valence-electron chi connectivity index (χ3n) is 6.69. The Hall–Kier alpha value is -0.580. The Morgan fingerprint density at radius 3 is 1.66 bits per heavy atom. The van der Waals surface area contributed by atoms with E-state index in [9.17, 15) is 9.59 Å². The second-order valence-corrected chi connectivity index (χ2v) is 10.9. The SMILES string of the molecule is CCC(Br)(CC)C(=O)NC(N)=O.CCCCCCCC(CCCC)C(C)CCCCCC. The fraction of sp³-hybridized carbons (Fsp3) is 0.926. The molecule has 0 aliphatic rings. The van der Waals surface area contributed by atoms with Crippen LogP contribution in [-0.2, 0) is 4.79 Å². The predicted molar refractivity (Wildman–Crippen MR) is 144 cm³/mol. The molecular formula is C27H55BrN2O2. The van der Waals surface area contributed by atoms with Gasteiger partial charge in [0.05, 0.1) is 0 Å². The number of hydrogen-bond acceptors (Lipinski definition) is 2. The first kappa shape index (κ1) is 33.6. The molecule has 3 N–H and O–H groups in total. The van der Waals surface area contributed by atoms with E-state index >= 15 is 0 Å². The number of amides is 3. The van der Waals surface area contributed by atoms with Gasteiger partial charge in [0.25, 0.3) is 0 Å². The predicted octanol–water partition coefficient (Wildman–Crippen LogP) is 8.89. The molecule has 192 valence electrons. The summed E-state index contributed by atoms with van der Waals surface area (Å²) in [5.74, 6) is 1.60. The van der Waals surface area contributed by atoms with Crippen LogP contribution in [0.15, 0.2) is 0 Å². The normalized spacial score (nSPS) is 13.1. The number of hydrogen-bond donors (Lipinski definition) is 2. The zero-order valence-electron chi connectivity index (χ0n) is 22.2. The van der Waals surface area contributed by atoms with Crippen molar-refractivity contribution in [3.8, 4) is 0 Å². The molecular weight excluding hydrogens is 464 g/mol. The quantitative estimate of drug-likeness (QED) is 0.140. The number of nitrogens with one attached hydrogen (secondary N) is 1. The number of carbonyl (C=O) groups is 2. The van der Waals surface area contributed by atoms with Crippen LogP contribution < -0.4 is 11.1 Å². The standard InChI is InChI=1S/C20H42.C7H13BrN2O2/c1-5-8-11-13-15-18-20(17-10-7-3)19(4)16-14-12-9-6-2;1-3-7(8,4-2)5(11)10-6(9)12/h19-20H,5-18H2,1-4H3;3-4H2,1-2H3,(H3,9,10,11,12). The molecule has 0 spiro atoms. The van der Waals surface area contributed by atoms with Gasteiger partial charge in [-0.2, -0.15) is 0 Å². The average molecular weight is 520 g/mol. The average Bonchev–Trinajstić information content (AvgIpc) is 2.77. The lowest BCUT2D eigenvalue weighted by Gasteiger charge is -2.24. The molecule has 0 aliphatic carbocycles. The van der Waals surface area contributed by atoms with E-state index in [2.05, 4.69) is 43.6 Å². The number of halogens is 1. The molecule has 4 nitrogen and oxygen atoms in total. The van der Waals surface area contributed by atoms with Gasteiger partial charge in [0.2, 0.25) is 5.91 Å². The van der Waals surface area contributed by atoms with Crippen LogP contribution in [-0.4, -0.2) is 16.3 Å². The summed E-state index contributed by atoms with van der Waals surface area (Å²) >= 11 is 3.26. The van der Waals surface area contributed by atoms with Gasteiger partial charge in [-0.3, -0.25) is 10.1 Å². The van der Waals surface area contributed by atoms with Crippen LogP contribution in [0.3, 0.4) is 0 Å². The maximum absolute atomic E-state index is 11.3. The zero-order chi connectivity index (χ0) is 24.8. The Morgan fingerprint density at radius 2 is 1.19 bits per heavy atom. The lowest BCUT2D eigenvalue weighted by molar-refractivity contribution is -0.122. The number of carbonyl (C=O) groups excluding carboxylic acids is 2. The number of rotatable bonds is 18. The van der Waals surface area contributed by atoms with E-state index in [0.29, 0.717) is 12.8 Å². The highest BCUT2D eigenvalue weighted by atomic mass is 79.9. The summed E-state index contributed by atoms with van der Waals surface area (Å²) in [7, 11) is 0. The first-order valence-corrected chi connectivity index (χ1v) is 14.3. The highest BCUT2D eigenvalue weighted by Crippen LogP contribution is 2.29. The van der Waals surface area contributed by atoms with E-state index in [4.69, 9.17) is 5.73 Å². The Morgan fingerprint density at radius 1 is 0.750 bits per heavy atom. The van der Waals surface area contributed by atoms with E-state index in [1.54, 1.807) is 0 Å². The van der Waals surface area contributed by atoms with Crippen molar-refractivity contribution in [1.82, 2.24) is 5.32 Å². The highest BCUT2D eigenvalue weighted by molar-refractivity contribution is 9.10. The molecule has 32 heavy (non-hydrogen) atoms. The van der Waals surface area contributed by atoms with Gasteiger partial charge in [0.15, 0.2) is 0 Å². The van der Waals surface area contributed by atoms with Crippen LogP contribution in [0.1, 0.15) is 144 Å². The summed E-state index contributed by atoms with van der Waals surface area (Å²) in [4.78, 5) is 21.6. The van der Waals surface area contributed by atoms with E-state index < -0.39 is 10.4 Å². The molecule has 0 saturated carbocycles. The van der Waals surface area contributed by atoms with Gasteiger partial charge >= 0.3 is 6.03 Å². The zero-order valence-corrected chi connectivity index (χ0v) is 23.8. The first-order valence-electron chi connectivity index (χ1n) is 13.5. The second-order valence-electron chi connectivity index (χ2n) is 9.42. The molecule has 0 saturated heterocycles. The fourth-order valence-electron chi connectivity index (χ4n) is 4.11. The molecule has 0 aromatic carbocycles. The van der Waals surface area contributed by atoms with Crippen molar-refractivity contribution < 1.29 is 9.59 Å². The van der Waals surface area contributed by atoms with Gasteiger partial charge < -0.3 is 5.73 Å². The summed E-state index contributed by atoms with van der Waals surface area (Å²) in [6, 6.07) is -0.814. The van der Waals surface area contributed by atoms with Gasteiger partial charge in [-0.05, 0) is 24.7 Å². The monoisotopic (exact) mass is 518 g/mol. The number of unbranched alkanes of at least 4 members (excludes halogenated alkanes) is 8. The molecule has 0 aromatic rings. The number of nitrogens with two attached hydrogens (primary N) is 1. The molecule has 0 radical (unpaired) electrons. The third-order valence-corrected chi connectivity index (χ3v) is 8.17. The minimum atomic E-state index is -0.814. The number of alkyl halides is 1. The fourth-order valence-corrected chi connectivity index (χ4v) is 4.21. The van der Waals surface area contributed by atoms with Gasteiger partial charge in [0, 0.05) is 0 Å². The van der Waals surface area contributed by atoms with Gasteiger partial charge in [-0.15, -0.1) is 0 Å². The molecule has 0 aromatic heterocycles. The van der Waals surface area contributed by atoms with Crippen molar-refractivity contribution >= 4 is 27.9 Å². The first-order chi connectivity index (χ1) is 15.2.